The molecule has 0 aliphatic rings. The van der Waals surface area contributed by atoms with Crippen molar-refractivity contribution in [3.63, 3.8) is 0 Å². The van der Waals surface area contributed by atoms with Gasteiger partial charge in [0.15, 0.2) is 0 Å². The Kier molecular flexibility index (Phi) is 6.04. The minimum absolute atomic E-state index is 0.0148. The zero-order valence-corrected chi connectivity index (χ0v) is 14.4. The molecular formula is C17H20F2N2O2S. The number of hydrogen-bond acceptors (Lipinski definition) is 3. The van der Waals surface area contributed by atoms with Gasteiger partial charge in [-0.15, -0.1) is 0 Å². The van der Waals surface area contributed by atoms with E-state index in [1.165, 1.54) is 22.5 Å². The molecule has 0 aliphatic heterocycles. The van der Waals surface area contributed by atoms with Crippen molar-refractivity contribution in [3.8, 4) is 0 Å². The van der Waals surface area contributed by atoms with Gasteiger partial charge in [0.25, 0.3) is 0 Å². The molecule has 2 aromatic rings. The van der Waals surface area contributed by atoms with E-state index < -0.39 is 21.7 Å². The first-order valence-electron chi connectivity index (χ1n) is 7.44. The molecule has 4 nitrogen and oxygen atoms in total. The quantitative estimate of drug-likeness (QED) is 0.768. The van der Waals surface area contributed by atoms with Crippen LogP contribution in [0, 0.1) is 11.6 Å². The summed E-state index contributed by atoms with van der Waals surface area (Å²) in [4.78, 5) is 1.83. The fourth-order valence-corrected chi connectivity index (χ4v) is 3.58. The topological polar surface area (TPSA) is 40.6 Å². The van der Waals surface area contributed by atoms with E-state index in [0.29, 0.717) is 12.1 Å². The molecule has 24 heavy (non-hydrogen) atoms. The first kappa shape index (κ1) is 18.5. The number of rotatable bonds is 7. The van der Waals surface area contributed by atoms with Gasteiger partial charge in [0.05, 0.1) is 4.90 Å². The van der Waals surface area contributed by atoms with Crippen molar-refractivity contribution in [2.24, 2.45) is 0 Å². The van der Waals surface area contributed by atoms with Crippen LogP contribution in [0.25, 0.3) is 0 Å². The molecule has 0 bridgehead atoms. The van der Waals surface area contributed by atoms with Gasteiger partial charge in [0.2, 0.25) is 10.0 Å². The van der Waals surface area contributed by atoms with Crippen molar-refractivity contribution in [2.75, 3.05) is 27.2 Å². The van der Waals surface area contributed by atoms with E-state index in [1.54, 1.807) is 18.2 Å². The smallest absolute Gasteiger partial charge is 0.243 e. The summed E-state index contributed by atoms with van der Waals surface area (Å²) in [6, 6.07) is 10.7. The summed E-state index contributed by atoms with van der Waals surface area (Å²) in [6.45, 7) is 0.593. The Balaban J connectivity index is 2.34. The Bertz CT molecular complexity index is 777. The number of nitrogens with zero attached hydrogens (tertiary/aromatic N) is 2. The van der Waals surface area contributed by atoms with Gasteiger partial charge in [-0.3, -0.25) is 0 Å². The van der Waals surface area contributed by atoms with Crippen LogP contribution < -0.4 is 0 Å². The summed E-state index contributed by atoms with van der Waals surface area (Å²) in [5.41, 5.74) is 0.293. The highest BCUT2D eigenvalue weighted by Crippen LogP contribution is 2.20. The average Bonchev–Trinajstić information content (AvgIpc) is 2.53. The van der Waals surface area contributed by atoms with Crippen LogP contribution in [0.3, 0.4) is 0 Å². The zero-order valence-electron chi connectivity index (χ0n) is 13.6. The van der Waals surface area contributed by atoms with Gasteiger partial charge in [-0.1, -0.05) is 18.2 Å². The maximum atomic E-state index is 13.9. The maximum Gasteiger partial charge on any atom is 0.243 e. The number of sulfonamides is 1. The van der Waals surface area contributed by atoms with E-state index in [1.807, 2.05) is 19.0 Å². The van der Waals surface area contributed by atoms with Crippen LogP contribution in [0.4, 0.5) is 8.78 Å². The monoisotopic (exact) mass is 354 g/mol. The predicted molar refractivity (Wildman–Crippen MR) is 88.9 cm³/mol. The predicted octanol–water partition coefficient (Wildman–Crippen LogP) is 2.72. The molecule has 0 N–H and O–H groups in total. The highest BCUT2D eigenvalue weighted by atomic mass is 32.2. The van der Waals surface area contributed by atoms with Crippen molar-refractivity contribution in [3.05, 3.63) is 65.7 Å². The molecule has 0 saturated heterocycles. The number of benzene rings is 2. The van der Waals surface area contributed by atoms with Crippen LogP contribution in [-0.4, -0.2) is 44.8 Å². The van der Waals surface area contributed by atoms with Crippen LogP contribution in [0.15, 0.2) is 53.4 Å². The molecule has 0 spiro atoms. The Morgan fingerprint density at radius 3 is 2.12 bits per heavy atom. The molecule has 0 heterocycles. The second-order valence-electron chi connectivity index (χ2n) is 5.69. The third kappa shape index (κ3) is 4.59. The third-order valence-electron chi connectivity index (χ3n) is 3.55. The summed E-state index contributed by atoms with van der Waals surface area (Å²) in [5, 5.41) is 0. The largest absolute Gasteiger partial charge is 0.308 e. The van der Waals surface area contributed by atoms with Gasteiger partial charge in [-0.05, 0) is 44.4 Å². The third-order valence-corrected chi connectivity index (χ3v) is 5.41. The van der Waals surface area contributed by atoms with Gasteiger partial charge in [-0.25, -0.2) is 17.2 Å². The van der Waals surface area contributed by atoms with Gasteiger partial charge in [-0.2, -0.15) is 4.31 Å². The van der Waals surface area contributed by atoms with E-state index >= 15 is 0 Å². The highest BCUT2D eigenvalue weighted by Gasteiger charge is 2.25. The first-order valence-corrected chi connectivity index (χ1v) is 8.88. The van der Waals surface area contributed by atoms with Crippen LogP contribution in [0.2, 0.25) is 0 Å². The van der Waals surface area contributed by atoms with Gasteiger partial charge >= 0.3 is 0 Å². The number of hydrogen-bond donors (Lipinski definition) is 0. The average molecular weight is 354 g/mol. The molecule has 0 aliphatic carbocycles. The van der Waals surface area contributed by atoms with Crippen molar-refractivity contribution in [2.45, 2.75) is 11.4 Å². The lowest BCUT2D eigenvalue weighted by Gasteiger charge is -2.24. The van der Waals surface area contributed by atoms with Gasteiger partial charge in [0.1, 0.15) is 11.6 Å². The van der Waals surface area contributed by atoms with Crippen molar-refractivity contribution in [1.29, 1.82) is 0 Å². The van der Waals surface area contributed by atoms with E-state index in [-0.39, 0.29) is 18.0 Å². The van der Waals surface area contributed by atoms with Crippen LogP contribution in [0.1, 0.15) is 5.56 Å². The molecule has 0 unspecified atom stereocenters. The highest BCUT2D eigenvalue weighted by molar-refractivity contribution is 7.89. The Morgan fingerprint density at radius 2 is 1.54 bits per heavy atom. The van der Waals surface area contributed by atoms with Crippen LogP contribution in [0.5, 0.6) is 0 Å². The molecule has 7 heteroatoms. The Hall–Kier alpha value is -1.83. The normalized spacial score (nSPS) is 12.1. The Morgan fingerprint density at radius 1 is 0.917 bits per heavy atom. The molecule has 0 radical (unpaired) electrons. The van der Waals surface area contributed by atoms with Crippen molar-refractivity contribution < 1.29 is 17.2 Å². The lowest BCUT2D eigenvalue weighted by atomic mass is 10.2. The first-order chi connectivity index (χ1) is 11.3. The molecule has 0 amide bonds. The molecule has 0 fully saturated rings. The molecular weight excluding hydrogens is 334 g/mol. The summed E-state index contributed by atoms with van der Waals surface area (Å²) >= 11 is 0. The maximum absolute atomic E-state index is 13.9. The summed E-state index contributed by atoms with van der Waals surface area (Å²) in [6.07, 6.45) is 0. The van der Waals surface area contributed by atoms with Crippen molar-refractivity contribution >= 4 is 10.0 Å². The summed E-state index contributed by atoms with van der Waals surface area (Å²) in [5.74, 6) is -0.968. The molecule has 2 aromatic carbocycles. The minimum atomic E-state index is -3.86. The number of likely N-dealkylation sites (N-methyl/N-ethyl adjacent to an activating group) is 1. The van der Waals surface area contributed by atoms with Crippen molar-refractivity contribution in [1.82, 2.24) is 9.21 Å². The zero-order chi connectivity index (χ0) is 17.7. The second-order valence-corrected chi connectivity index (χ2v) is 7.63. The SMILES string of the molecule is CN(C)CCN(Cc1ccccc1F)S(=O)(=O)c1ccc(F)cc1. The van der Waals surface area contributed by atoms with E-state index in [2.05, 4.69) is 0 Å². The van der Waals surface area contributed by atoms with Crippen LogP contribution >= 0.6 is 0 Å². The molecule has 2 rings (SSSR count). The molecule has 0 atom stereocenters. The van der Waals surface area contributed by atoms with Gasteiger partial charge in [0, 0.05) is 25.2 Å². The van der Waals surface area contributed by atoms with E-state index in [9.17, 15) is 17.2 Å². The fraction of sp³-hybridized carbons (Fsp3) is 0.294. The summed E-state index contributed by atoms with van der Waals surface area (Å²) < 4.78 is 53.9. The van der Waals surface area contributed by atoms with Gasteiger partial charge < -0.3 is 4.90 Å². The number of halogens is 2. The fourth-order valence-electron chi connectivity index (χ4n) is 2.17. The molecule has 0 aromatic heterocycles. The lowest BCUT2D eigenvalue weighted by Crippen LogP contribution is -2.36. The minimum Gasteiger partial charge on any atom is -0.308 e. The van der Waals surface area contributed by atoms with E-state index in [4.69, 9.17) is 0 Å². The second kappa shape index (κ2) is 7.83. The standard InChI is InChI=1S/C17H20F2N2O2S/c1-20(2)11-12-21(13-14-5-3-4-6-17(14)19)24(22,23)16-9-7-15(18)8-10-16/h3-10H,11-13H2,1-2H3. The molecule has 130 valence electrons. The van der Waals surface area contributed by atoms with Crippen LogP contribution in [-0.2, 0) is 16.6 Å². The molecule has 0 saturated carbocycles. The van der Waals surface area contributed by atoms with E-state index in [0.717, 1.165) is 12.1 Å². The summed E-state index contributed by atoms with van der Waals surface area (Å²) in [7, 11) is -0.205. The Labute approximate surface area is 141 Å². The lowest BCUT2D eigenvalue weighted by molar-refractivity contribution is 0.326.